The van der Waals surface area contributed by atoms with E-state index in [0.717, 1.165) is 19.5 Å². The molecule has 1 rings (SSSR count). The molecule has 0 atom stereocenters. The van der Waals surface area contributed by atoms with Gasteiger partial charge in [0, 0.05) is 12.1 Å². The summed E-state index contributed by atoms with van der Waals surface area (Å²) in [6.45, 7) is 8.29. The van der Waals surface area contributed by atoms with E-state index in [2.05, 4.69) is 26.1 Å². The molecule has 1 nitrogen and oxygen atoms in total. The van der Waals surface area contributed by atoms with Gasteiger partial charge in [0.1, 0.15) is 5.82 Å². The fourth-order valence-corrected chi connectivity index (χ4v) is 1.61. The van der Waals surface area contributed by atoms with Crippen LogP contribution < -0.4 is 5.32 Å². The first-order valence-electron chi connectivity index (χ1n) is 6.28. The fraction of sp³-hybridized carbons (Fsp3) is 0.467. The number of nitrogens with one attached hydrogen (secondary N) is 1. The van der Waals surface area contributed by atoms with Gasteiger partial charge in [0.25, 0.3) is 0 Å². The van der Waals surface area contributed by atoms with Gasteiger partial charge in [-0.25, -0.2) is 4.39 Å². The van der Waals surface area contributed by atoms with Crippen molar-refractivity contribution in [2.45, 2.75) is 27.2 Å². The lowest BCUT2D eigenvalue weighted by atomic mass is 10.1. The summed E-state index contributed by atoms with van der Waals surface area (Å²) < 4.78 is 13.5. The largest absolute Gasteiger partial charge is 0.313 e. The number of rotatable bonds is 6. The van der Waals surface area contributed by atoms with Gasteiger partial charge in [0.15, 0.2) is 0 Å². The van der Waals surface area contributed by atoms with Gasteiger partial charge in [0.2, 0.25) is 0 Å². The Kier molecular flexibility index (Phi) is 5.92. The number of halogens is 1. The van der Waals surface area contributed by atoms with Crippen LogP contribution in [0.3, 0.4) is 0 Å². The van der Waals surface area contributed by atoms with Crippen molar-refractivity contribution < 1.29 is 4.39 Å². The molecule has 0 aliphatic carbocycles. The third-order valence-corrected chi connectivity index (χ3v) is 2.62. The Morgan fingerprint density at radius 1 is 1.35 bits per heavy atom. The maximum Gasteiger partial charge on any atom is 0.130 e. The molecule has 0 bridgehead atoms. The van der Waals surface area contributed by atoms with Crippen molar-refractivity contribution in [3.05, 3.63) is 41.2 Å². The third-order valence-electron chi connectivity index (χ3n) is 2.62. The predicted octanol–water partition coefficient (Wildman–Crippen LogP) is 3.86. The van der Waals surface area contributed by atoms with Crippen molar-refractivity contribution in [1.82, 2.24) is 5.32 Å². The standard InChI is InChI=1S/C15H22FN/c1-4-13(11-17-10-12(2)3)9-14-7-5-6-8-15(14)16/h5-9,12,17H,4,10-11H2,1-3H3. The first kappa shape index (κ1) is 13.9. The van der Waals surface area contributed by atoms with Crippen LogP contribution in [0, 0.1) is 11.7 Å². The summed E-state index contributed by atoms with van der Waals surface area (Å²) in [6, 6.07) is 6.90. The van der Waals surface area contributed by atoms with Crippen LogP contribution in [0.4, 0.5) is 4.39 Å². The maximum absolute atomic E-state index is 13.5. The molecule has 0 heterocycles. The zero-order valence-corrected chi connectivity index (χ0v) is 11.0. The van der Waals surface area contributed by atoms with Gasteiger partial charge in [-0.15, -0.1) is 0 Å². The molecular weight excluding hydrogens is 213 g/mol. The van der Waals surface area contributed by atoms with Crippen LogP contribution in [0.2, 0.25) is 0 Å². The van der Waals surface area contributed by atoms with E-state index in [9.17, 15) is 4.39 Å². The Bertz CT molecular complexity index is 369. The zero-order valence-electron chi connectivity index (χ0n) is 11.0. The Morgan fingerprint density at radius 2 is 2.06 bits per heavy atom. The van der Waals surface area contributed by atoms with Crippen LogP contribution in [-0.4, -0.2) is 13.1 Å². The van der Waals surface area contributed by atoms with Gasteiger partial charge >= 0.3 is 0 Å². The summed E-state index contributed by atoms with van der Waals surface area (Å²) in [4.78, 5) is 0. The Morgan fingerprint density at radius 3 is 2.65 bits per heavy atom. The molecule has 0 saturated carbocycles. The highest BCUT2D eigenvalue weighted by atomic mass is 19.1. The van der Waals surface area contributed by atoms with Crippen LogP contribution >= 0.6 is 0 Å². The number of hydrogen-bond donors (Lipinski definition) is 1. The topological polar surface area (TPSA) is 12.0 Å². The van der Waals surface area contributed by atoms with Crippen LogP contribution in [0.5, 0.6) is 0 Å². The molecule has 2 heteroatoms. The molecule has 0 unspecified atom stereocenters. The summed E-state index contributed by atoms with van der Waals surface area (Å²) >= 11 is 0. The van der Waals surface area contributed by atoms with E-state index in [0.29, 0.717) is 11.5 Å². The number of hydrogen-bond acceptors (Lipinski definition) is 1. The summed E-state index contributed by atoms with van der Waals surface area (Å²) in [6.07, 6.45) is 2.89. The average Bonchev–Trinajstić information content (AvgIpc) is 2.30. The Hall–Kier alpha value is -1.15. The molecule has 0 saturated heterocycles. The first-order chi connectivity index (χ1) is 8.13. The molecule has 0 aliphatic heterocycles. The fourth-order valence-electron chi connectivity index (χ4n) is 1.61. The minimum Gasteiger partial charge on any atom is -0.313 e. The second-order valence-corrected chi connectivity index (χ2v) is 4.70. The van der Waals surface area contributed by atoms with E-state index >= 15 is 0 Å². The van der Waals surface area contributed by atoms with Crippen molar-refractivity contribution in [2.24, 2.45) is 5.92 Å². The normalized spacial score (nSPS) is 12.2. The summed E-state index contributed by atoms with van der Waals surface area (Å²) in [5, 5.41) is 3.38. The molecule has 0 amide bonds. The lowest BCUT2D eigenvalue weighted by Gasteiger charge is -2.09. The molecule has 0 aromatic heterocycles. The van der Waals surface area contributed by atoms with Gasteiger partial charge in [-0.1, -0.05) is 50.6 Å². The predicted molar refractivity (Wildman–Crippen MR) is 72.4 cm³/mol. The molecule has 1 aromatic rings. The molecule has 0 fully saturated rings. The molecule has 1 aromatic carbocycles. The second kappa shape index (κ2) is 7.23. The minimum atomic E-state index is -0.151. The van der Waals surface area contributed by atoms with Crippen molar-refractivity contribution in [3.63, 3.8) is 0 Å². The third kappa shape index (κ3) is 5.14. The highest BCUT2D eigenvalue weighted by Crippen LogP contribution is 2.12. The van der Waals surface area contributed by atoms with Crippen LogP contribution in [0.1, 0.15) is 32.8 Å². The highest BCUT2D eigenvalue weighted by molar-refractivity contribution is 5.53. The zero-order chi connectivity index (χ0) is 12.7. The molecule has 1 N–H and O–H groups in total. The smallest absolute Gasteiger partial charge is 0.130 e. The quantitative estimate of drug-likeness (QED) is 0.789. The van der Waals surface area contributed by atoms with E-state index in [-0.39, 0.29) is 5.82 Å². The van der Waals surface area contributed by atoms with Crippen molar-refractivity contribution >= 4 is 6.08 Å². The molecule has 17 heavy (non-hydrogen) atoms. The first-order valence-corrected chi connectivity index (χ1v) is 6.28. The van der Waals surface area contributed by atoms with Gasteiger partial charge in [0.05, 0.1) is 0 Å². The van der Waals surface area contributed by atoms with Gasteiger partial charge in [-0.05, 0) is 24.9 Å². The molecule has 0 spiro atoms. The SMILES string of the molecule is CCC(=Cc1ccccc1F)CNCC(C)C. The second-order valence-electron chi connectivity index (χ2n) is 4.70. The van der Waals surface area contributed by atoms with E-state index in [1.807, 2.05) is 18.2 Å². The summed E-state index contributed by atoms with van der Waals surface area (Å²) in [5.41, 5.74) is 1.91. The molecule has 0 aliphatic rings. The van der Waals surface area contributed by atoms with Crippen LogP contribution in [0.25, 0.3) is 6.08 Å². The lowest BCUT2D eigenvalue weighted by molar-refractivity contribution is 0.569. The molecular formula is C15H22FN. The monoisotopic (exact) mass is 235 g/mol. The van der Waals surface area contributed by atoms with E-state index < -0.39 is 0 Å². The van der Waals surface area contributed by atoms with Crippen LogP contribution in [-0.2, 0) is 0 Å². The average molecular weight is 235 g/mol. The van der Waals surface area contributed by atoms with Gasteiger partial charge in [-0.3, -0.25) is 0 Å². The minimum absolute atomic E-state index is 0.151. The van der Waals surface area contributed by atoms with E-state index in [1.165, 1.54) is 11.6 Å². The van der Waals surface area contributed by atoms with E-state index in [4.69, 9.17) is 0 Å². The van der Waals surface area contributed by atoms with Gasteiger partial charge < -0.3 is 5.32 Å². The molecule has 0 radical (unpaired) electrons. The Labute approximate surface area is 104 Å². The van der Waals surface area contributed by atoms with Crippen molar-refractivity contribution in [3.8, 4) is 0 Å². The lowest BCUT2D eigenvalue weighted by Crippen LogP contribution is -2.21. The van der Waals surface area contributed by atoms with Crippen molar-refractivity contribution in [2.75, 3.05) is 13.1 Å². The summed E-state index contributed by atoms with van der Waals surface area (Å²) in [5.74, 6) is 0.490. The summed E-state index contributed by atoms with van der Waals surface area (Å²) in [7, 11) is 0. The molecule has 94 valence electrons. The van der Waals surface area contributed by atoms with E-state index in [1.54, 1.807) is 6.07 Å². The number of benzene rings is 1. The van der Waals surface area contributed by atoms with Crippen LogP contribution in [0.15, 0.2) is 29.8 Å². The maximum atomic E-state index is 13.5. The Balaban J connectivity index is 2.63. The highest BCUT2D eigenvalue weighted by Gasteiger charge is 2.00. The van der Waals surface area contributed by atoms with Gasteiger partial charge in [-0.2, -0.15) is 0 Å². The van der Waals surface area contributed by atoms with Crippen molar-refractivity contribution in [1.29, 1.82) is 0 Å².